The van der Waals surface area contributed by atoms with Crippen LogP contribution in [-0.4, -0.2) is 32.6 Å². The zero-order valence-electron chi connectivity index (χ0n) is 16.4. The fourth-order valence-electron chi connectivity index (χ4n) is 2.86. The van der Waals surface area contributed by atoms with Gasteiger partial charge in [0.1, 0.15) is 11.6 Å². The molecule has 9 heteroatoms. The highest BCUT2D eigenvalue weighted by molar-refractivity contribution is 7.86. The third-order valence-corrected chi connectivity index (χ3v) is 4.61. The number of methoxy groups -OCH3 is 1. The topological polar surface area (TPSA) is 86.0 Å². The Balaban J connectivity index is 1.92. The number of furan rings is 1. The Morgan fingerprint density at radius 1 is 1.07 bits per heavy atom. The molecule has 0 unspecified atom stereocenters. The molecular weight excluding hydrogens is 413 g/mol. The van der Waals surface area contributed by atoms with Crippen molar-refractivity contribution in [2.45, 2.75) is 13.1 Å². The van der Waals surface area contributed by atoms with Crippen LogP contribution in [0, 0.1) is 5.82 Å². The highest BCUT2D eigenvalue weighted by Gasteiger charge is 2.20. The molecule has 3 rings (SSSR count). The molecule has 158 valence electrons. The molecule has 0 aliphatic carbocycles. The standard InChI is InChI=1S/C21H20FNO6S/c1-27-19-9-8-15(11-20(19)29-30(2,25)26)13-23(14-18-7-4-10-28-18)21(24)16-5-3-6-17(22)12-16/h3-12H,13-14H2,1-2H3. The van der Waals surface area contributed by atoms with E-state index in [2.05, 4.69) is 0 Å². The van der Waals surface area contributed by atoms with E-state index in [-0.39, 0.29) is 30.2 Å². The molecule has 0 bridgehead atoms. The Labute approximate surface area is 173 Å². The normalized spacial score (nSPS) is 11.2. The smallest absolute Gasteiger partial charge is 0.306 e. The molecule has 0 spiro atoms. The monoisotopic (exact) mass is 433 g/mol. The zero-order valence-corrected chi connectivity index (χ0v) is 17.2. The number of nitrogens with zero attached hydrogens (tertiary/aromatic N) is 1. The Hall–Kier alpha value is -3.33. The van der Waals surface area contributed by atoms with Crippen LogP contribution in [0.5, 0.6) is 11.5 Å². The third kappa shape index (κ3) is 5.60. The van der Waals surface area contributed by atoms with Crippen LogP contribution < -0.4 is 8.92 Å². The minimum atomic E-state index is -3.78. The Bertz CT molecular complexity index is 1130. The van der Waals surface area contributed by atoms with E-state index in [0.29, 0.717) is 11.3 Å². The van der Waals surface area contributed by atoms with E-state index in [4.69, 9.17) is 13.3 Å². The summed E-state index contributed by atoms with van der Waals surface area (Å²) in [5.41, 5.74) is 0.772. The minimum absolute atomic E-state index is 0.00801. The predicted molar refractivity (Wildman–Crippen MR) is 107 cm³/mol. The van der Waals surface area contributed by atoms with Gasteiger partial charge in [-0.3, -0.25) is 4.79 Å². The van der Waals surface area contributed by atoms with Gasteiger partial charge >= 0.3 is 10.1 Å². The summed E-state index contributed by atoms with van der Waals surface area (Å²) >= 11 is 0. The molecule has 1 heterocycles. The maximum absolute atomic E-state index is 13.6. The summed E-state index contributed by atoms with van der Waals surface area (Å²) in [5, 5.41) is 0. The summed E-state index contributed by atoms with van der Waals surface area (Å²) in [6.07, 6.45) is 2.42. The van der Waals surface area contributed by atoms with Gasteiger partial charge in [0.15, 0.2) is 11.5 Å². The van der Waals surface area contributed by atoms with Gasteiger partial charge < -0.3 is 18.2 Å². The van der Waals surface area contributed by atoms with Crippen molar-refractivity contribution in [2.75, 3.05) is 13.4 Å². The van der Waals surface area contributed by atoms with Gasteiger partial charge in [-0.05, 0) is 48.0 Å². The number of carbonyl (C=O) groups excluding carboxylic acids is 1. The van der Waals surface area contributed by atoms with Crippen LogP contribution in [0.4, 0.5) is 4.39 Å². The number of rotatable bonds is 8. The SMILES string of the molecule is COc1ccc(CN(Cc2ccco2)C(=O)c2cccc(F)c2)cc1OS(C)(=O)=O. The van der Waals surface area contributed by atoms with Crippen molar-refractivity contribution in [1.82, 2.24) is 4.90 Å². The van der Waals surface area contributed by atoms with E-state index in [1.54, 1.807) is 24.3 Å². The van der Waals surface area contributed by atoms with E-state index >= 15 is 0 Å². The number of carbonyl (C=O) groups is 1. The van der Waals surface area contributed by atoms with Crippen molar-refractivity contribution in [3.05, 3.63) is 83.6 Å². The van der Waals surface area contributed by atoms with Crippen molar-refractivity contribution in [1.29, 1.82) is 0 Å². The third-order valence-electron chi connectivity index (χ3n) is 4.13. The Morgan fingerprint density at radius 2 is 1.87 bits per heavy atom. The molecule has 0 atom stereocenters. The van der Waals surface area contributed by atoms with Crippen molar-refractivity contribution in [3.8, 4) is 11.5 Å². The van der Waals surface area contributed by atoms with Gasteiger partial charge in [-0.15, -0.1) is 0 Å². The first-order valence-corrected chi connectivity index (χ1v) is 10.7. The Kier molecular flexibility index (Phi) is 6.41. The van der Waals surface area contributed by atoms with E-state index in [9.17, 15) is 17.6 Å². The predicted octanol–water partition coefficient (Wildman–Crippen LogP) is 3.61. The molecule has 0 aliphatic heterocycles. The number of halogens is 1. The first-order chi connectivity index (χ1) is 14.2. The number of hydrogen-bond donors (Lipinski definition) is 0. The molecule has 3 aromatic rings. The summed E-state index contributed by atoms with van der Waals surface area (Å²) in [5.74, 6) is -0.146. The molecule has 0 aliphatic rings. The molecule has 0 saturated heterocycles. The lowest BCUT2D eigenvalue weighted by atomic mass is 10.1. The van der Waals surface area contributed by atoms with Crippen molar-refractivity contribution >= 4 is 16.0 Å². The molecule has 0 N–H and O–H groups in total. The van der Waals surface area contributed by atoms with E-state index in [1.165, 1.54) is 42.5 Å². The van der Waals surface area contributed by atoms with E-state index in [1.807, 2.05) is 0 Å². The van der Waals surface area contributed by atoms with Gasteiger partial charge in [0.05, 0.1) is 26.2 Å². The van der Waals surface area contributed by atoms with E-state index in [0.717, 1.165) is 12.3 Å². The lowest BCUT2D eigenvalue weighted by Gasteiger charge is -2.22. The summed E-state index contributed by atoms with van der Waals surface area (Å²) in [6.45, 7) is 0.233. The van der Waals surface area contributed by atoms with Crippen molar-refractivity contribution in [2.24, 2.45) is 0 Å². The van der Waals surface area contributed by atoms with Gasteiger partial charge in [-0.25, -0.2) is 4.39 Å². The van der Waals surface area contributed by atoms with Crippen LogP contribution in [0.25, 0.3) is 0 Å². The number of ether oxygens (including phenoxy) is 1. The highest BCUT2D eigenvalue weighted by Crippen LogP contribution is 2.30. The molecule has 1 amide bonds. The fourth-order valence-corrected chi connectivity index (χ4v) is 3.32. The number of hydrogen-bond acceptors (Lipinski definition) is 6. The summed E-state index contributed by atoms with van der Waals surface area (Å²) < 4.78 is 52.2. The molecule has 2 aromatic carbocycles. The summed E-state index contributed by atoms with van der Waals surface area (Å²) in [4.78, 5) is 14.5. The first-order valence-electron chi connectivity index (χ1n) is 8.89. The molecule has 30 heavy (non-hydrogen) atoms. The van der Waals surface area contributed by atoms with E-state index < -0.39 is 21.8 Å². The number of amides is 1. The van der Waals surface area contributed by atoms with Crippen molar-refractivity contribution < 1.29 is 30.9 Å². The summed E-state index contributed by atoms with van der Waals surface area (Å²) in [7, 11) is -2.39. The first kappa shape index (κ1) is 21.4. The fraction of sp³-hybridized carbons (Fsp3) is 0.190. The molecule has 0 fully saturated rings. The second-order valence-corrected chi connectivity index (χ2v) is 8.10. The van der Waals surface area contributed by atoms with Gasteiger partial charge in [0, 0.05) is 12.1 Å². The maximum atomic E-state index is 13.6. The molecule has 0 saturated carbocycles. The second kappa shape index (κ2) is 9.00. The maximum Gasteiger partial charge on any atom is 0.306 e. The molecule has 7 nitrogen and oxygen atoms in total. The van der Waals surface area contributed by atoms with Crippen LogP contribution in [-0.2, 0) is 23.2 Å². The zero-order chi connectivity index (χ0) is 21.7. The van der Waals surface area contributed by atoms with Crippen LogP contribution in [0.3, 0.4) is 0 Å². The lowest BCUT2D eigenvalue weighted by Crippen LogP contribution is -2.30. The van der Waals surface area contributed by atoms with Crippen LogP contribution in [0.15, 0.2) is 65.3 Å². The Morgan fingerprint density at radius 3 is 2.50 bits per heavy atom. The average molecular weight is 433 g/mol. The average Bonchev–Trinajstić information content (AvgIpc) is 3.19. The highest BCUT2D eigenvalue weighted by atomic mass is 32.2. The van der Waals surface area contributed by atoms with Crippen LogP contribution in [0.1, 0.15) is 21.7 Å². The molecule has 1 aromatic heterocycles. The van der Waals surface area contributed by atoms with Crippen molar-refractivity contribution in [3.63, 3.8) is 0 Å². The largest absolute Gasteiger partial charge is 0.493 e. The summed E-state index contributed by atoms with van der Waals surface area (Å²) in [6, 6.07) is 13.5. The van der Waals surface area contributed by atoms with Crippen LogP contribution >= 0.6 is 0 Å². The second-order valence-electron chi connectivity index (χ2n) is 6.52. The lowest BCUT2D eigenvalue weighted by molar-refractivity contribution is 0.0717. The van der Waals surface area contributed by atoms with Crippen LogP contribution in [0.2, 0.25) is 0 Å². The molecular formula is C21H20FNO6S. The van der Waals surface area contributed by atoms with Gasteiger partial charge in [0.2, 0.25) is 0 Å². The van der Waals surface area contributed by atoms with Gasteiger partial charge in [0.25, 0.3) is 5.91 Å². The number of benzene rings is 2. The quantitative estimate of drug-likeness (QED) is 0.505. The van der Waals surface area contributed by atoms with Gasteiger partial charge in [-0.2, -0.15) is 8.42 Å². The van der Waals surface area contributed by atoms with Gasteiger partial charge in [-0.1, -0.05) is 12.1 Å². The molecule has 0 radical (unpaired) electrons. The minimum Gasteiger partial charge on any atom is -0.493 e.